The summed E-state index contributed by atoms with van der Waals surface area (Å²) in [5.74, 6) is 0. The van der Waals surface area contributed by atoms with Crippen molar-refractivity contribution in [1.29, 1.82) is 0 Å². The molecule has 0 bridgehead atoms. The molecule has 7 nitrogen and oxygen atoms in total. The Morgan fingerprint density at radius 2 is 1.17 bits per heavy atom. The first kappa shape index (κ1) is 18.5. The van der Waals surface area contributed by atoms with Crippen molar-refractivity contribution in [3.8, 4) is 0 Å². The topological polar surface area (TPSA) is 110 Å². The summed E-state index contributed by atoms with van der Waals surface area (Å²) in [6, 6.07) is 0. The molecule has 0 spiro atoms. The molecule has 9 heteroatoms. The maximum atomic E-state index is 9.86. The van der Waals surface area contributed by atoms with Gasteiger partial charge in [-0.2, -0.15) is 0 Å². The average Bonchev–Trinajstić information content (AvgIpc) is 1.58. The molecular formula is C3H6Ca2O7. The molecule has 0 radical (unpaired) electrons. The van der Waals surface area contributed by atoms with Gasteiger partial charge in [0.15, 0.2) is 0 Å². The Bertz CT molecular complexity index is 172. The zero-order chi connectivity index (χ0) is 8.15. The zero-order valence-corrected chi connectivity index (χ0v) is 10.3. The predicted octanol–water partition coefficient (Wildman–Crippen LogP) is 0.184. The molecule has 0 amide bonds. The van der Waals surface area contributed by atoms with E-state index < -0.39 is 18.5 Å². The van der Waals surface area contributed by atoms with Gasteiger partial charge in [0.1, 0.15) is 0 Å². The second kappa shape index (κ2) is 9.81. The molecule has 0 aromatic rings. The van der Waals surface area contributed by atoms with Gasteiger partial charge in [0.2, 0.25) is 0 Å². The summed E-state index contributed by atoms with van der Waals surface area (Å²) < 4.78 is 6.47. The van der Waals surface area contributed by atoms with Crippen LogP contribution in [0.15, 0.2) is 0 Å². The number of rotatable bonds is 0. The van der Waals surface area contributed by atoms with Crippen LogP contribution in [0.1, 0.15) is 5.71 Å². The van der Waals surface area contributed by atoms with Crippen LogP contribution in [-0.4, -0.2) is 104 Å². The number of hydrogen-bond acceptors (Lipinski definition) is 5. The summed E-state index contributed by atoms with van der Waals surface area (Å²) in [4.78, 5) is 28.8. The smallest absolute Gasteiger partial charge is 1.00 e. The van der Waals surface area contributed by atoms with Crippen molar-refractivity contribution < 1.29 is 39.8 Å². The first-order valence-electron chi connectivity index (χ1n) is 1.88. The van der Waals surface area contributed by atoms with Gasteiger partial charge in [0.05, 0.1) is 0 Å². The molecule has 0 saturated heterocycles. The number of carboxylic acid groups (broad SMARTS) is 2. The molecule has 0 fully saturated rings. The summed E-state index contributed by atoms with van der Waals surface area (Å²) in [6.07, 6.45) is -5.64. The monoisotopic (exact) mass is 234 g/mol. The van der Waals surface area contributed by atoms with Gasteiger partial charge in [-0.25, -0.2) is 14.4 Å². The van der Waals surface area contributed by atoms with Gasteiger partial charge in [0, 0.05) is 0 Å². The van der Waals surface area contributed by atoms with E-state index in [2.05, 4.69) is 9.47 Å². The third-order valence-electron chi connectivity index (χ3n) is 0.341. The minimum absolute atomic E-state index is 0. The van der Waals surface area contributed by atoms with Crippen molar-refractivity contribution >= 4 is 93.9 Å². The summed E-state index contributed by atoms with van der Waals surface area (Å²) >= 11 is 0. The van der Waals surface area contributed by atoms with Crippen LogP contribution in [0, 0.1) is 0 Å². The molecule has 12 heavy (non-hydrogen) atoms. The van der Waals surface area contributed by atoms with Crippen molar-refractivity contribution in [2.45, 2.75) is 0 Å². The third-order valence-corrected chi connectivity index (χ3v) is 0.341. The molecule has 0 unspecified atom stereocenters. The van der Waals surface area contributed by atoms with Crippen molar-refractivity contribution in [3.63, 3.8) is 0 Å². The van der Waals surface area contributed by atoms with Gasteiger partial charge >= 0.3 is 93.9 Å². The van der Waals surface area contributed by atoms with Crippen LogP contribution in [0.5, 0.6) is 0 Å². The van der Waals surface area contributed by atoms with E-state index in [1.54, 1.807) is 0 Å². The molecule has 0 aliphatic carbocycles. The Morgan fingerprint density at radius 1 is 0.917 bits per heavy atom. The zero-order valence-electron chi connectivity index (χ0n) is 9.85. The molecular weight excluding hydrogens is 228 g/mol. The molecule has 0 aromatic carbocycles. The number of carbonyl (C=O) groups is 3. The van der Waals surface area contributed by atoms with Crippen molar-refractivity contribution in [2.75, 3.05) is 0 Å². The SMILES string of the molecule is O=C(O)OC(=O)OC(=O)O.[Ca+2].[Ca+2].[H-].[H-].[H-].[H-]. The first-order chi connectivity index (χ1) is 4.52. The fourth-order valence-electron chi connectivity index (χ4n) is 0.163. The van der Waals surface area contributed by atoms with E-state index in [0.717, 1.165) is 0 Å². The quantitative estimate of drug-likeness (QED) is 0.349. The van der Waals surface area contributed by atoms with E-state index in [0.29, 0.717) is 0 Å². The second-order valence-electron chi connectivity index (χ2n) is 0.986. The number of hydrogen-bond donors (Lipinski definition) is 2. The Morgan fingerprint density at radius 3 is 1.33 bits per heavy atom. The van der Waals surface area contributed by atoms with E-state index in [9.17, 15) is 14.4 Å². The molecule has 0 heterocycles. The summed E-state index contributed by atoms with van der Waals surface area (Å²) in [5.41, 5.74) is 0. The van der Waals surface area contributed by atoms with E-state index >= 15 is 0 Å². The van der Waals surface area contributed by atoms with Gasteiger partial charge in [-0.3, -0.25) is 0 Å². The maximum absolute atomic E-state index is 9.86. The van der Waals surface area contributed by atoms with Crippen LogP contribution < -0.4 is 0 Å². The minimum Gasteiger partial charge on any atom is -1.00 e. The largest absolute Gasteiger partial charge is 2.00 e. The standard InChI is InChI=1S/C3H2O7.2Ca.4H/c4-1(5)9-3(8)10-2(6)7;;;;;;/h(H,4,5)(H,6,7);;;;;;/q;2*+2;4*-1. The average molecular weight is 234 g/mol. The van der Waals surface area contributed by atoms with E-state index in [1.807, 2.05) is 0 Å². The van der Waals surface area contributed by atoms with Gasteiger partial charge < -0.3 is 25.4 Å². The van der Waals surface area contributed by atoms with Crippen LogP contribution in [0.25, 0.3) is 0 Å². The fraction of sp³-hybridized carbons (Fsp3) is 0. The molecule has 0 saturated carbocycles. The summed E-state index contributed by atoms with van der Waals surface area (Å²) in [5, 5.41) is 15.4. The van der Waals surface area contributed by atoms with E-state index in [1.165, 1.54) is 0 Å². The van der Waals surface area contributed by atoms with E-state index in [-0.39, 0.29) is 81.2 Å². The maximum Gasteiger partial charge on any atom is 2.00 e. The number of ether oxygens (including phenoxy) is 2. The Hall–Kier alpha value is 0.729. The van der Waals surface area contributed by atoms with Gasteiger partial charge in [-0.05, 0) is 0 Å². The Balaban J connectivity index is -0.0000000270. The van der Waals surface area contributed by atoms with Crippen molar-refractivity contribution in [1.82, 2.24) is 0 Å². The van der Waals surface area contributed by atoms with Crippen LogP contribution >= 0.6 is 0 Å². The second-order valence-corrected chi connectivity index (χ2v) is 0.986. The molecule has 0 rings (SSSR count). The molecule has 0 aliphatic heterocycles. The molecule has 0 aromatic heterocycles. The minimum atomic E-state index is -1.92. The number of carbonyl (C=O) groups excluding carboxylic acids is 1. The molecule has 0 aliphatic rings. The fourth-order valence-corrected chi connectivity index (χ4v) is 0.163. The van der Waals surface area contributed by atoms with Gasteiger partial charge in [-0.15, -0.1) is 0 Å². The van der Waals surface area contributed by atoms with Crippen LogP contribution in [0.4, 0.5) is 14.4 Å². The predicted molar refractivity (Wildman–Crippen MR) is 39.6 cm³/mol. The Kier molecular flexibility index (Phi) is 15.1. The third kappa shape index (κ3) is 13.3. The van der Waals surface area contributed by atoms with Crippen LogP contribution in [-0.2, 0) is 9.47 Å². The van der Waals surface area contributed by atoms with Crippen molar-refractivity contribution in [3.05, 3.63) is 0 Å². The van der Waals surface area contributed by atoms with Gasteiger partial charge in [0.25, 0.3) is 0 Å². The van der Waals surface area contributed by atoms with Crippen LogP contribution in [0.3, 0.4) is 0 Å². The normalized spacial score (nSPS) is 6.67. The van der Waals surface area contributed by atoms with E-state index in [4.69, 9.17) is 10.2 Å². The van der Waals surface area contributed by atoms with Crippen LogP contribution in [0.2, 0.25) is 0 Å². The molecule has 2 N–H and O–H groups in total. The van der Waals surface area contributed by atoms with Gasteiger partial charge in [-0.1, -0.05) is 0 Å². The molecule has 0 atom stereocenters. The summed E-state index contributed by atoms with van der Waals surface area (Å²) in [6.45, 7) is 0. The first-order valence-corrected chi connectivity index (χ1v) is 1.88. The summed E-state index contributed by atoms with van der Waals surface area (Å²) in [7, 11) is 0. The van der Waals surface area contributed by atoms with Crippen molar-refractivity contribution in [2.24, 2.45) is 0 Å². The Labute approximate surface area is 132 Å². The molecule has 64 valence electrons.